The summed E-state index contributed by atoms with van der Waals surface area (Å²) in [5.74, 6) is -0.457. The first-order valence-electron chi connectivity index (χ1n) is 8.60. The SMILES string of the molecule is CCCN(CCC)C(=O)c1cccc(C(=O)NCc2ccccn2)n1. The lowest BCUT2D eigenvalue weighted by atomic mass is 10.2. The van der Waals surface area contributed by atoms with Gasteiger partial charge in [0.2, 0.25) is 0 Å². The van der Waals surface area contributed by atoms with Crippen LogP contribution >= 0.6 is 0 Å². The summed E-state index contributed by atoms with van der Waals surface area (Å²) in [4.78, 5) is 35.1. The smallest absolute Gasteiger partial charge is 0.272 e. The lowest BCUT2D eigenvalue weighted by Gasteiger charge is -2.21. The van der Waals surface area contributed by atoms with Crippen LogP contribution in [0, 0.1) is 0 Å². The fraction of sp³-hybridized carbons (Fsp3) is 0.368. The van der Waals surface area contributed by atoms with E-state index in [1.807, 2.05) is 32.0 Å². The van der Waals surface area contributed by atoms with E-state index < -0.39 is 0 Å². The van der Waals surface area contributed by atoms with Crippen LogP contribution in [-0.4, -0.2) is 39.8 Å². The van der Waals surface area contributed by atoms with Gasteiger partial charge in [-0.1, -0.05) is 26.0 Å². The van der Waals surface area contributed by atoms with Crippen LogP contribution in [-0.2, 0) is 6.54 Å². The first kappa shape index (κ1) is 18.6. The van der Waals surface area contributed by atoms with Gasteiger partial charge in [0.25, 0.3) is 11.8 Å². The number of aromatic nitrogens is 2. The number of nitrogens with zero attached hydrogens (tertiary/aromatic N) is 3. The van der Waals surface area contributed by atoms with E-state index in [1.54, 1.807) is 29.3 Å². The zero-order chi connectivity index (χ0) is 18.1. The van der Waals surface area contributed by atoms with E-state index in [-0.39, 0.29) is 17.5 Å². The molecule has 1 N–H and O–H groups in total. The summed E-state index contributed by atoms with van der Waals surface area (Å²) >= 11 is 0. The molecule has 0 aromatic carbocycles. The third kappa shape index (κ3) is 5.38. The van der Waals surface area contributed by atoms with Gasteiger partial charge < -0.3 is 10.2 Å². The standard InChI is InChI=1S/C19H24N4O2/c1-3-12-23(13-4-2)19(25)17-10-7-9-16(22-17)18(24)21-14-15-8-5-6-11-20-15/h5-11H,3-4,12-14H2,1-2H3,(H,21,24). The van der Waals surface area contributed by atoms with Gasteiger partial charge in [0.1, 0.15) is 11.4 Å². The lowest BCUT2D eigenvalue weighted by Crippen LogP contribution is -2.33. The molecule has 6 nitrogen and oxygen atoms in total. The highest BCUT2D eigenvalue weighted by Crippen LogP contribution is 2.06. The molecule has 2 aromatic heterocycles. The molecule has 6 heteroatoms. The molecule has 0 unspecified atom stereocenters. The molecule has 0 spiro atoms. The van der Waals surface area contributed by atoms with Crippen molar-refractivity contribution in [3.63, 3.8) is 0 Å². The minimum Gasteiger partial charge on any atom is -0.345 e. The third-order valence-electron chi connectivity index (χ3n) is 3.63. The molecular weight excluding hydrogens is 316 g/mol. The monoisotopic (exact) mass is 340 g/mol. The number of nitrogens with one attached hydrogen (secondary N) is 1. The van der Waals surface area contributed by atoms with Crippen molar-refractivity contribution in [2.75, 3.05) is 13.1 Å². The number of carbonyl (C=O) groups excluding carboxylic acids is 2. The second-order valence-electron chi connectivity index (χ2n) is 5.70. The Labute approximate surface area is 148 Å². The molecule has 0 aliphatic heterocycles. The fourth-order valence-corrected chi connectivity index (χ4v) is 2.46. The molecule has 2 rings (SSSR count). The summed E-state index contributed by atoms with van der Waals surface area (Å²) in [6.07, 6.45) is 3.45. The number of hydrogen-bond acceptors (Lipinski definition) is 4. The Balaban J connectivity index is 2.06. The Morgan fingerprint density at radius 2 is 1.72 bits per heavy atom. The van der Waals surface area contributed by atoms with E-state index in [2.05, 4.69) is 15.3 Å². The van der Waals surface area contributed by atoms with Gasteiger partial charge in [-0.3, -0.25) is 14.6 Å². The zero-order valence-electron chi connectivity index (χ0n) is 14.7. The van der Waals surface area contributed by atoms with Gasteiger partial charge in [-0.25, -0.2) is 4.98 Å². The van der Waals surface area contributed by atoms with Crippen molar-refractivity contribution in [1.29, 1.82) is 0 Å². The molecule has 0 fully saturated rings. The Hall–Kier alpha value is -2.76. The molecule has 2 amide bonds. The number of pyridine rings is 2. The quantitative estimate of drug-likeness (QED) is 0.802. The van der Waals surface area contributed by atoms with Crippen LogP contribution < -0.4 is 5.32 Å². The van der Waals surface area contributed by atoms with Gasteiger partial charge in [0, 0.05) is 19.3 Å². The topological polar surface area (TPSA) is 75.2 Å². The van der Waals surface area contributed by atoms with E-state index in [0.717, 1.165) is 18.5 Å². The molecule has 132 valence electrons. The molecule has 0 radical (unpaired) electrons. The van der Waals surface area contributed by atoms with Gasteiger partial charge in [-0.2, -0.15) is 0 Å². The predicted octanol–water partition coefficient (Wildman–Crippen LogP) is 2.67. The highest BCUT2D eigenvalue weighted by Gasteiger charge is 2.17. The Kier molecular flexibility index (Phi) is 7.07. The molecule has 0 saturated heterocycles. The zero-order valence-corrected chi connectivity index (χ0v) is 14.7. The number of amides is 2. The van der Waals surface area contributed by atoms with E-state index in [0.29, 0.717) is 25.3 Å². The minimum absolute atomic E-state index is 0.136. The maximum Gasteiger partial charge on any atom is 0.272 e. The van der Waals surface area contributed by atoms with Gasteiger partial charge in [-0.05, 0) is 37.1 Å². The number of carbonyl (C=O) groups is 2. The maximum atomic E-state index is 12.6. The molecule has 0 atom stereocenters. The van der Waals surface area contributed by atoms with Gasteiger partial charge in [-0.15, -0.1) is 0 Å². The summed E-state index contributed by atoms with van der Waals surface area (Å²) in [6, 6.07) is 10.5. The number of hydrogen-bond donors (Lipinski definition) is 1. The Morgan fingerprint density at radius 1 is 1.00 bits per heavy atom. The minimum atomic E-state index is -0.321. The summed E-state index contributed by atoms with van der Waals surface area (Å²) in [6.45, 7) is 5.75. The van der Waals surface area contributed by atoms with Crippen LogP contribution in [0.5, 0.6) is 0 Å². The van der Waals surface area contributed by atoms with Crippen LogP contribution in [0.4, 0.5) is 0 Å². The van der Waals surface area contributed by atoms with Crippen molar-refractivity contribution in [3.05, 3.63) is 59.7 Å². The summed E-state index contributed by atoms with van der Waals surface area (Å²) in [5, 5.41) is 2.77. The molecule has 25 heavy (non-hydrogen) atoms. The maximum absolute atomic E-state index is 12.6. The van der Waals surface area contributed by atoms with Gasteiger partial charge in [0.05, 0.1) is 12.2 Å². The van der Waals surface area contributed by atoms with Gasteiger partial charge in [0.15, 0.2) is 0 Å². The van der Waals surface area contributed by atoms with Crippen molar-refractivity contribution in [1.82, 2.24) is 20.2 Å². The average molecular weight is 340 g/mol. The van der Waals surface area contributed by atoms with Crippen molar-refractivity contribution < 1.29 is 9.59 Å². The average Bonchev–Trinajstić information content (AvgIpc) is 2.66. The highest BCUT2D eigenvalue weighted by molar-refractivity contribution is 5.96. The van der Waals surface area contributed by atoms with E-state index >= 15 is 0 Å². The fourth-order valence-electron chi connectivity index (χ4n) is 2.46. The molecule has 2 aromatic rings. The first-order valence-corrected chi connectivity index (χ1v) is 8.60. The Bertz CT molecular complexity index is 698. The largest absolute Gasteiger partial charge is 0.345 e. The van der Waals surface area contributed by atoms with Crippen LogP contribution in [0.3, 0.4) is 0 Å². The van der Waals surface area contributed by atoms with Crippen LogP contribution in [0.25, 0.3) is 0 Å². The summed E-state index contributed by atoms with van der Waals surface area (Å²) in [7, 11) is 0. The lowest BCUT2D eigenvalue weighted by molar-refractivity contribution is 0.0749. The summed E-state index contributed by atoms with van der Waals surface area (Å²) in [5.41, 5.74) is 1.29. The van der Waals surface area contributed by atoms with Crippen molar-refractivity contribution in [3.8, 4) is 0 Å². The van der Waals surface area contributed by atoms with Crippen molar-refractivity contribution in [2.45, 2.75) is 33.2 Å². The predicted molar refractivity (Wildman–Crippen MR) is 96.1 cm³/mol. The van der Waals surface area contributed by atoms with Crippen molar-refractivity contribution in [2.24, 2.45) is 0 Å². The second kappa shape index (κ2) is 9.52. The number of rotatable bonds is 8. The van der Waals surface area contributed by atoms with E-state index in [1.165, 1.54) is 0 Å². The highest BCUT2D eigenvalue weighted by atomic mass is 16.2. The van der Waals surface area contributed by atoms with Crippen LogP contribution in [0.2, 0.25) is 0 Å². The van der Waals surface area contributed by atoms with Crippen LogP contribution in [0.1, 0.15) is 53.4 Å². The van der Waals surface area contributed by atoms with Gasteiger partial charge >= 0.3 is 0 Å². The van der Waals surface area contributed by atoms with Crippen molar-refractivity contribution >= 4 is 11.8 Å². The van der Waals surface area contributed by atoms with E-state index in [4.69, 9.17) is 0 Å². The summed E-state index contributed by atoms with van der Waals surface area (Å²) < 4.78 is 0. The molecular formula is C19H24N4O2. The molecule has 0 aliphatic carbocycles. The van der Waals surface area contributed by atoms with E-state index in [9.17, 15) is 9.59 Å². The molecule has 2 heterocycles. The normalized spacial score (nSPS) is 10.3. The first-order chi connectivity index (χ1) is 12.2. The molecule has 0 saturated carbocycles. The third-order valence-corrected chi connectivity index (χ3v) is 3.63. The molecule has 0 aliphatic rings. The van der Waals surface area contributed by atoms with Crippen LogP contribution in [0.15, 0.2) is 42.6 Å². The molecule has 0 bridgehead atoms. The Morgan fingerprint density at radius 3 is 2.36 bits per heavy atom. The second-order valence-corrected chi connectivity index (χ2v) is 5.70.